The average molecular weight is 604 g/mol. The maximum atomic E-state index is 13.5. The van der Waals surface area contributed by atoms with Gasteiger partial charge in [-0.3, -0.25) is 19.2 Å². The van der Waals surface area contributed by atoms with E-state index in [0.717, 1.165) is 18.4 Å². The topological polar surface area (TPSA) is 136 Å². The molecule has 2 aromatic rings. The van der Waals surface area contributed by atoms with Crippen LogP contribution in [0.5, 0.6) is 11.5 Å². The van der Waals surface area contributed by atoms with Crippen molar-refractivity contribution < 1.29 is 37.8 Å². The van der Waals surface area contributed by atoms with E-state index in [1.54, 1.807) is 19.1 Å². The lowest BCUT2D eigenvalue weighted by molar-refractivity contribution is -0.156. The number of methoxy groups -OCH3 is 1. The lowest BCUT2D eigenvalue weighted by atomic mass is 9.76. The molecule has 1 unspecified atom stereocenters. The third kappa shape index (κ3) is 8.40. The first kappa shape index (κ1) is 31.2. The number of rotatable bonds is 6. The molecule has 1 atom stereocenters. The Labute approximate surface area is 250 Å². The second-order valence-corrected chi connectivity index (χ2v) is 11.1. The Balaban J connectivity index is 1.60. The van der Waals surface area contributed by atoms with Gasteiger partial charge in [-0.25, -0.2) is 0 Å². The van der Waals surface area contributed by atoms with Gasteiger partial charge in [0.05, 0.1) is 19.1 Å². The Morgan fingerprint density at radius 3 is 2.62 bits per heavy atom. The molecular weight excluding hydrogens is 566 g/mol. The van der Waals surface area contributed by atoms with Crippen molar-refractivity contribution in [1.29, 1.82) is 0 Å². The summed E-state index contributed by atoms with van der Waals surface area (Å²) in [5, 5.41) is 5.81. The minimum atomic E-state index is -0.984. The molecule has 0 radical (unpaired) electrons. The lowest BCUT2D eigenvalue weighted by Gasteiger charge is -2.32. The summed E-state index contributed by atoms with van der Waals surface area (Å²) in [4.78, 5) is 53.7. The normalized spacial score (nSPS) is 20.8. The van der Waals surface area contributed by atoms with Gasteiger partial charge in [0.15, 0.2) is 29.1 Å². The zero-order valence-corrected chi connectivity index (χ0v) is 24.8. The van der Waals surface area contributed by atoms with Crippen LogP contribution in [0.4, 0.5) is 0 Å². The molecule has 3 amide bonds. The zero-order valence-electron chi connectivity index (χ0n) is 24.0. The van der Waals surface area contributed by atoms with Gasteiger partial charge in [-0.05, 0) is 73.5 Å². The van der Waals surface area contributed by atoms with E-state index in [4.69, 9.17) is 30.2 Å². The number of esters is 1. The first-order valence-electron chi connectivity index (χ1n) is 14.3. The third-order valence-corrected chi connectivity index (χ3v) is 7.65. The summed E-state index contributed by atoms with van der Waals surface area (Å²) >= 11 is 5.86. The van der Waals surface area contributed by atoms with Crippen molar-refractivity contribution in [1.82, 2.24) is 15.5 Å². The van der Waals surface area contributed by atoms with Crippen molar-refractivity contribution >= 4 is 35.3 Å². The number of hydrogen-bond acceptors (Lipinski definition) is 8. The van der Waals surface area contributed by atoms with Crippen molar-refractivity contribution in [3.8, 4) is 11.5 Å². The van der Waals surface area contributed by atoms with E-state index in [9.17, 15) is 19.2 Å². The van der Waals surface area contributed by atoms with Crippen LogP contribution in [0.1, 0.15) is 55.1 Å². The van der Waals surface area contributed by atoms with Gasteiger partial charge < -0.3 is 34.2 Å². The van der Waals surface area contributed by atoms with E-state index in [2.05, 4.69) is 10.6 Å². The molecule has 1 aliphatic carbocycles. The van der Waals surface area contributed by atoms with Gasteiger partial charge in [-0.1, -0.05) is 18.9 Å². The van der Waals surface area contributed by atoms with Crippen molar-refractivity contribution in [2.45, 2.75) is 45.4 Å². The van der Waals surface area contributed by atoms with E-state index in [1.807, 2.05) is 6.07 Å². The summed E-state index contributed by atoms with van der Waals surface area (Å²) in [7, 11) is 1.50. The Morgan fingerprint density at radius 1 is 1.12 bits per heavy atom. The largest absolute Gasteiger partial charge is 0.493 e. The fourth-order valence-electron chi connectivity index (χ4n) is 5.14. The van der Waals surface area contributed by atoms with Gasteiger partial charge in [0, 0.05) is 32.6 Å². The maximum Gasteiger partial charge on any atom is 0.314 e. The van der Waals surface area contributed by atoms with E-state index in [-0.39, 0.29) is 74.6 Å². The van der Waals surface area contributed by atoms with Crippen LogP contribution in [0.2, 0.25) is 5.22 Å². The molecule has 1 aromatic heterocycles. The molecule has 4 rings (SSSR count). The summed E-state index contributed by atoms with van der Waals surface area (Å²) in [5.74, 6) is -0.165. The van der Waals surface area contributed by atoms with Crippen molar-refractivity contribution in [3.63, 3.8) is 0 Å². The Kier molecular flexibility index (Phi) is 10.7. The van der Waals surface area contributed by atoms with Crippen LogP contribution in [0.3, 0.4) is 0 Å². The maximum absolute atomic E-state index is 13.5. The van der Waals surface area contributed by atoms with E-state index in [0.29, 0.717) is 36.7 Å². The van der Waals surface area contributed by atoms with Crippen LogP contribution in [0.25, 0.3) is 0 Å². The summed E-state index contributed by atoms with van der Waals surface area (Å²) in [6.07, 6.45) is 3.42. The number of amides is 3. The molecule has 2 bridgehead atoms. The quantitative estimate of drug-likeness (QED) is 0.480. The number of nitrogens with zero attached hydrogens (tertiary/aromatic N) is 1. The number of carbonyl (C=O) groups is 4. The molecule has 0 saturated heterocycles. The standard InChI is InChI=1S/C30H38ClN3O8/c1-3-40-29(38)30(16-20-6-7-20)17-21-8-9-22(39-2)24(15-21)41-18-27(36)32-12-14-34(13-4-5-26(35)33-19-30)28(37)23-10-11-25(31)42-23/h8-11,15,20H,3-7,12-14,16-19H2,1-2H3,(H,32,36)(H,33,35). The predicted molar refractivity (Wildman–Crippen MR) is 153 cm³/mol. The molecule has 11 nitrogen and oxygen atoms in total. The van der Waals surface area contributed by atoms with Crippen molar-refractivity contribution in [3.05, 3.63) is 46.9 Å². The molecule has 2 aliphatic rings. The molecule has 1 aromatic carbocycles. The molecule has 228 valence electrons. The smallest absolute Gasteiger partial charge is 0.314 e. The van der Waals surface area contributed by atoms with Crippen LogP contribution < -0.4 is 20.1 Å². The van der Waals surface area contributed by atoms with E-state index >= 15 is 0 Å². The summed E-state index contributed by atoms with van der Waals surface area (Å²) in [5.41, 5.74) is -0.190. The first-order valence-corrected chi connectivity index (χ1v) is 14.7. The highest BCUT2D eigenvalue weighted by Crippen LogP contribution is 2.43. The first-order chi connectivity index (χ1) is 20.2. The van der Waals surface area contributed by atoms with Crippen LogP contribution in [0.15, 0.2) is 34.7 Å². The number of nitrogens with one attached hydrogen (secondary N) is 2. The van der Waals surface area contributed by atoms with Crippen LogP contribution >= 0.6 is 11.6 Å². The van der Waals surface area contributed by atoms with E-state index in [1.165, 1.54) is 24.1 Å². The zero-order chi connectivity index (χ0) is 30.1. The fourth-order valence-corrected chi connectivity index (χ4v) is 5.29. The SMILES string of the molecule is CCOC(=O)C1(CC2CC2)CNC(=O)CCCN(C(=O)c2ccc(Cl)o2)CCNC(=O)COc2cc(ccc2OC)C1. The van der Waals surface area contributed by atoms with Crippen molar-refractivity contribution in [2.24, 2.45) is 11.3 Å². The summed E-state index contributed by atoms with van der Waals surface area (Å²) in [6.45, 7) is 2.39. The second kappa shape index (κ2) is 14.4. The van der Waals surface area contributed by atoms with Crippen LogP contribution in [-0.2, 0) is 25.5 Å². The fraction of sp³-hybridized carbons (Fsp3) is 0.533. The monoisotopic (exact) mass is 603 g/mol. The number of fused-ring (bicyclic) bond motifs is 2. The van der Waals surface area contributed by atoms with Crippen LogP contribution in [0, 0.1) is 11.3 Å². The Morgan fingerprint density at radius 2 is 1.93 bits per heavy atom. The molecule has 2 heterocycles. The average Bonchev–Trinajstić information content (AvgIpc) is 3.68. The van der Waals surface area contributed by atoms with Gasteiger partial charge in [0.1, 0.15) is 0 Å². The predicted octanol–water partition coefficient (Wildman–Crippen LogP) is 3.38. The molecule has 12 heteroatoms. The Bertz CT molecular complexity index is 1280. The van der Waals surface area contributed by atoms with Gasteiger partial charge >= 0.3 is 5.97 Å². The number of ether oxygens (including phenoxy) is 3. The summed E-state index contributed by atoms with van der Waals surface area (Å²) < 4.78 is 22.1. The van der Waals surface area contributed by atoms with Gasteiger partial charge in [0.25, 0.3) is 11.8 Å². The molecule has 1 saturated carbocycles. The highest BCUT2D eigenvalue weighted by atomic mass is 35.5. The minimum absolute atomic E-state index is 0.0625. The minimum Gasteiger partial charge on any atom is -0.493 e. The number of furan rings is 1. The summed E-state index contributed by atoms with van der Waals surface area (Å²) in [6, 6.07) is 8.30. The van der Waals surface area contributed by atoms with Gasteiger partial charge in [-0.2, -0.15) is 0 Å². The molecule has 0 spiro atoms. The molecule has 42 heavy (non-hydrogen) atoms. The molecular formula is C30H38ClN3O8. The number of carbonyl (C=O) groups excluding carboxylic acids is 4. The molecule has 1 fully saturated rings. The van der Waals surface area contributed by atoms with Gasteiger partial charge in [0.2, 0.25) is 5.91 Å². The Hall–Kier alpha value is -3.73. The third-order valence-electron chi connectivity index (χ3n) is 7.45. The molecule has 2 N–H and O–H groups in total. The highest BCUT2D eigenvalue weighted by molar-refractivity contribution is 6.29. The van der Waals surface area contributed by atoms with Crippen molar-refractivity contribution in [2.75, 3.05) is 46.5 Å². The lowest BCUT2D eigenvalue weighted by Crippen LogP contribution is -2.46. The van der Waals surface area contributed by atoms with E-state index < -0.39 is 11.3 Å². The molecule has 1 aliphatic heterocycles. The van der Waals surface area contributed by atoms with Crippen LogP contribution in [-0.4, -0.2) is 75.1 Å². The number of halogens is 1. The number of benzene rings is 1. The van der Waals surface area contributed by atoms with Gasteiger partial charge in [-0.15, -0.1) is 0 Å². The second-order valence-electron chi connectivity index (χ2n) is 10.7. The number of hydrogen-bond donors (Lipinski definition) is 2. The highest BCUT2D eigenvalue weighted by Gasteiger charge is 2.44.